The van der Waals surface area contributed by atoms with Gasteiger partial charge in [-0.15, -0.1) is 0 Å². The molecule has 6 heteroatoms. The average Bonchev–Trinajstić information content (AvgIpc) is 2.78. The Hall–Kier alpha value is -1.62. The van der Waals surface area contributed by atoms with E-state index in [4.69, 9.17) is 11.6 Å². The molecular weight excluding hydrogens is 238 g/mol. The second-order valence-electron chi connectivity index (χ2n) is 4.10. The van der Waals surface area contributed by atoms with Crippen molar-refractivity contribution in [3.05, 3.63) is 23.6 Å². The molecule has 2 heterocycles. The van der Waals surface area contributed by atoms with E-state index in [1.54, 1.807) is 6.20 Å². The van der Waals surface area contributed by atoms with E-state index in [1.807, 2.05) is 0 Å². The predicted octanol–water partition coefficient (Wildman–Crippen LogP) is 2.53. The fourth-order valence-corrected chi connectivity index (χ4v) is 2.20. The van der Waals surface area contributed by atoms with E-state index >= 15 is 0 Å². The molecule has 0 aromatic carbocycles. The van der Waals surface area contributed by atoms with Crippen molar-refractivity contribution >= 4 is 28.5 Å². The van der Waals surface area contributed by atoms with Crippen LogP contribution >= 0.6 is 11.6 Å². The first-order valence-corrected chi connectivity index (χ1v) is 5.99. The zero-order valence-corrected chi connectivity index (χ0v) is 9.91. The van der Waals surface area contributed by atoms with Gasteiger partial charge in [0.15, 0.2) is 5.65 Å². The van der Waals surface area contributed by atoms with Gasteiger partial charge in [-0.1, -0.05) is 12.2 Å². The molecule has 0 aliphatic heterocycles. The van der Waals surface area contributed by atoms with Crippen LogP contribution in [0.25, 0.3) is 11.0 Å². The highest BCUT2D eigenvalue weighted by molar-refractivity contribution is 6.28. The Bertz CT molecular complexity index is 562. The molecule has 5 nitrogen and oxygen atoms in total. The van der Waals surface area contributed by atoms with E-state index in [-0.39, 0.29) is 5.28 Å². The fraction of sp³-hybridized carbons (Fsp3) is 0.364. The molecule has 88 valence electrons. The van der Waals surface area contributed by atoms with Gasteiger partial charge in [0.25, 0.3) is 0 Å². The van der Waals surface area contributed by atoms with Crippen molar-refractivity contribution in [1.82, 2.24) is 20.2 Å². The van der Waals surface area contributed by atoms with Crippen LogP contribution < -0.4 is 5.32 Å². The predicted molar refractivity (Wildman–Crippen MR) is 67.1 cm³/mol. The molecule has 0 saturated heterocycles. The first-order chi connectivity index (χ1) is 8.33. The molecule has 1 aliphatic carbocycles. The van der Waals surface area contributed by atoms with Gasteiger partial charge in [0, 0.05) is 6.04 Å². The van der Waals surface area contributed by atoms with Gasteiger partial charge in [-0.3, -0.25) is 5.10 Å². The lowest BCUT2D eigenvalue weighted by Crippen LogP contribution is -2.21. The van der Waals surface area contributed by atoms with Crippen LogP contribution in [0.4, 0.5) is 5.82 Å². The normalized spacial score (nSPS) is 19.7. The molecule has 0 saturated carbocycles. The van der Waals surface area contributed by atoms with E-state index < -0.39 is 0 Å². The molecule has 2 N–H and O–H groups in total. The monoisotopic (exact) mass is 249 g/mol. The molecule has 3 rings (SSSR count). The van der Waals surface area contributed by atoms with Gasteiger partial charge in [0.1, 0.15) is 5.82 Å². The number of nitrogens with zero attached hydrogens (tertiary/aromatic N) is 3. The number of nitrogens with one attached hydrogen (secondary N) is 2. The first kappa shape index (κ1) is 10.5. The summed E-state index contributed by atoms with van der Waals surface area (Å²) >= 11 is 5.87. The number of aromatic nitrogens is 4. The second-order valence-corrected chi connectivity index (χ2v) is 4.44. The molecule has 1 unspecified atom stereocenters. The maximum Gasteiger partial charge on any atom is 0.226 e. The van der Waals surface area contributed by atoms with Gasteiger partial charge in [-0.05, 0) is 30.9 Å². The molecule has 1 aliphatic rings. The lowest BCUT2D eigenvalue weighted by molar-refractivity contribution is 0.643. The molecule has 2 aromatic heterocycles. The summed E-state index contributed by atoms with van der Waals surface area (Å²) < 4.78 is 0. The van der Waals surface area contributed by atoms with Crippen LogP contribution in [0.1, 0.15) is 19.3 Å². The van der Waals surface area contributed by atoms with Crippen molar-refractivity contribution in [3.8, 4) is 0 Å². The minimum Gasteiger partial charge on any atom is -0.366 e. The number of halogens is 1. The van der Waals surface area contributed by atoms with Crippen molar-refractivity contribution in [3.63, 3.8) is 0 Å². The maximum absolute atomic E-state index is 5.87. The van der Waals surface area contributed by atoms with Crippen molar-refractivity contribution in [1.29, 1.82) is 0 Å². The maximum atomic E-state index is 5.87. The molecule has 0 radical (unpaired) electrons. The smallest absolute Gasteiger partial charge is 0.226 e. The zero-order chi connectivity index (χ0) is 11.7. The number of hydrogen-bond acceptors (Lipinski definition) is 4. The van der Waals surface area contributed by atoms with Crippen LogP contribution in [0.2, 0.25) is 5.28 Å². The van der Waals surface area contributed by atoms with Gasteiger partial charge >= 0.3 is 0 Å². The second kappa shape index (κ2) is 4.33. The summed E-state index contributed by atoms with van der Waals surface area (Å²) in [4.78, 5) is 8.30. The van der Waals surface area contributed by atoms with Crippen molar-refractivity contribution in [2.24, 2.45) is 0 Å². The van der Waals surface area contributed by atoms with Crippen LogP contribution in [0.15, 0.2) is 18.3 Å². The van der Waals surface area contributed by atoms with Crippen molar-refractivity contribution in [2.75, 3.05) is 5.32 Å². The third kappa shape index (κ3) is 2.10. The summed E-state index contributed by atoms with van der Waals surface area (Å²) in [5, 5.41) is 11.3. The SMILES string of the molecule is Clc1nc(NC2CC=CCC2)c2cn[nH]c2n1. The number of rotatable bonds is 2. The Balaban J connectivity index is 1.93. The highest BCUT2D eigenvalue weighted by Crippen LogP contribution is 2.23. The summed E-state index contributed by atoms with van der Waals surface area (Å²) in [5.41, 5.74) is 0.666. The number of aromatic amines is 1. The van der Waals surface area contributed by atoms with Crippen LogP contribution in [0.5, 0.6) is 0 Å². The largest absolute Gasteiger partial charge is 0.366 e. The van der Waals surface area contributed by atoms with E-state index in [1.165, 1.54) is 0 Å². The number of H-pyrrole nitrogens is 1. The summed E-state index contributed by atoms with van der Waals surface area (Å²) in [6, 6.07) is 0.407. The Morgan fingerprint density at radius 2 is 2.29 bits per heavy atom. The quantitative estimate of drug-likeness (QED) is 0.634. The Labute approximate surface area is 103 Å². The highest BCUT2D eigenvalue weighted by Gasteiger charge is 2.14. The van der Waals surface area contributed by atoms with Gasteiger partial charge in [-0.25, -0.2) is 0 Å². The lowest BCUT2D eigenvalue weighted by atomic mass is 10.0. The van der Waals surface area contributed by atoms with Crippen LogP contribution in [-0.2, 0) is 0 Å². The molecule has 0 fully saturated rings. The number of fused-ring (bicyclic) bond motifs is 1. The molecule has 0 bridgehead atoms. The van der Waals surface area contributed by atoms with Gasteiger partial charge in [0.05, 0.1) is 11.6 Å². The van der Waals surface area contributed by atoms with Gasteiger partial charge in [-0.2, -0.15) is 15.1 Å². The van der Waals surface area contributed by atoms with Gasteiger partial charge < -0.3 is 5.32 Å². The van der Waals surface area contributed by atoms with Crippen LogP contribution in [-0.4, -0.2) is 26.2 Å². The summed E-state index contributed by atoms with van der Waals surface area (Å²) in [5.74, 6) is 0.758. The number of anilines is 1. The molecule has 1 atom stereocenters. The molecular formula is C11H12ClN5. The minimum atomic E-state index is 0.232. The topological polar surface area (TPSA) is 66.5 Å². The average molecular weight is 250 g/mol. The van der Waals surface area contributed by atoms with Crippen molar-refractivity contribution in [2.45, 2.75) is 25.3 Å². The molecule has 17 heavy (non-hydrogen) atoms. The Kier molecular flexibility index (Phi) is 2.68. The van der Waals surface area contributed by atoms with Gasteiger partial charge in [0.2, 0.25) is 5.28 Å². The fourth-order valence-electron chi connectivity index (χ4n) is 2.04. The summed E-state index contributed by atoms with van der Waals surface area (Å²) in [6.45, 7) is 0. The van der Waals surface area contributed by atoms with E-state index in [9.17, 15) is 0 Å². The standard InChI is InChI=1S/C11H12ClN5/c12-11-15-9(8-6-13-17-10(8)16-11)14-7-4-2-1-3-5-7/h1-2,6-7H,3-5H2,(H2,13,14,15,16,17). The van der Waals surface area contributed by atoms with E-state index in [2.05, 4.69) is 37.6 Å². The third-order valence-electron chi connectivity index (χ3n) is 2.89. The lowest BCUT2D eigenvalue weighted by Gasteiger charge is -2.20. The summed E-state index contributed by atoms with van der Waals surface area (Å²) in [6.07, 6.45) is 9.34. The Morgan fingerprint density at radius 1 is 1.35 bits per heavy atom. The molecule has 2 aromatic rings. The minimum absolute atomic E-state index is 0.232. The van der Waals surface area contributed by atoms with Crippen LogP contribution in [0.3, 0.4) is 0 Å². The van der Waals surface area contributed by atoms with Crippen LogP contribution in [0, 0.1) is 0 Å². The van der Waals surface area contributed by atoms with Crippen molar-refractivity contribution < 1.29 is 0 Å². The molecule has 0 amide bonds. The Morgan fingerprint density at radius 3 is 3.12 bits per heavy atom. The summed E-state index contributed by atoms with van der Waals surface area (Å²) in [7, 11) is 0. The third-order valence-corrected chi connectivity index (χ3v) is 3.06. The first-order valence-electron chi connectivity index (χ1n) is 5.61. The van der Waals surface area contributed by atoms with E-state index in [0.29, 0.717) is 11.7 Å². The molecule has 0 spiro atoms. The zero-order valence-electron chi connectivity index (χ0n) is 9.15. The number of allylic oxidation sites excluding steroid dienone is 1. The number of hydrogen-bond donors (Lipinski definition) is 2. The van der Waals surface area contributed by atoms with E-state index in [0.717, 1.165) is 30.5 Å². The highest BCUT2D eigenvalue weighted by atomic mass is 35.5.